The number of nitrogens with one attached hydrogen (secondary N) is 2. The summed E-state index contributed by atoms with van der Waals surface area (Å²) >= 11 is 0. The van der Waals surface area contributed by atoms with Crippen LogP contribution in [-0.2, 0) is 19.5 Å². The van der Waals surface area contributed by atoms with E-state index in [1.54, 1.807) is 0 Å². The van der Waals surface area contributed by atoms with Crippen molar-refractivity contribution in [3.05, 3.63) is 57.9 Å². The van der Waals surface area contributed by atoms with E-state index in [-0.39, 0.29) is 11.7 Å². The Hall–Kier alpha value is -2.40. The van der Waals surface area contributed by atoms with Crippen molar-refractivity contribution in [3.63, 3.8) is 0 Å². The third-order valence-corrected chi connectivity index (χ3v) is 6.06. The number of carbonyl (C=O) groups is 2. The number of hydrogen-bond acceptors (Lipinski definition) is 3. The maximum absolute atomic E-state index is 12.8. The summed E-state index contributed by atoms with van der Waals surface area (Å²) in [6.45, 7) is 5.62. The molecule has 1 aromatic carbocycles. The second kappa shape index (κ2) is 8.31. The normalized spacial score (nSPS) is 17.4. The third-order valence-electron chi connectivity index (χ3n) is 6.06. The molecule has 28 heavy (non-hydrogen) atoms. The van der Waals surface area contributed by atoms with E-state index in [9.17, 15) is 9.59 Å². The number of ketones is 1. The number of carbonyl (C=O) groups excluding carboxylic acids is 2. The van der Waals surface area contributed by atoms with Crippen LogP contribution in [0.2, 0.25) is 0 Å². The Morgan fingerprint density at radius 3 is 2.57 bits per heavy atom. The fraction of sp³-hybridized carbons (Fsp3) is 0.478. The Kier molecular flexibility index (Phi) is 5.62. The first-order valence-corrected chi connectivity index (χ1v) is 10.5. The van der Waals surface area contributed by atoms with Gasteiger partial charge in [0.05, 0.1) is 0 Å². The Morgan fingerprint density at radius 2 is 1.82 bits per heavy atom. The highest BCUT2D eigenvalue weighted by Crippen LogP contribution is 2.26. The van der Waals surface area contributed by atoms with Crippen LogP contribution in [0.1, 0.15) is 75.3 Å². The number of fused-ring (bicyclic) bond motifs is 1. The lowest BCUT2D eigenvalue weighted by Crippen LogP contribution is -2.30. The molecule has 2 aliphatic rings. The summed E-state index contributed by atoms with van der Waals surface area (Å²) < 4.78 is 0. The lowest BCUT2D eigenvalue weighted by Gasteiger charge is -2.27. The summed E-state index contributed by atoms with van der Waals surface area (Å²) in [6.07, 6.45) is 6.15. The quantitative estimate of drug-likeness (QED) is 0.831. The van der Waals surface area contributed by atoms with Crippen LogP contribution < -0.4 is 5.32 Å². The number of piperidine rings is 1. The van der Waals surface area contributed by atoms with Crippen LogP contribution in [0.4, 0.5) is 0 Å². The van der Waals surface area contributed by atoms with Crippen LogP contribution in [0.15, 0.2) is 24.3 Å². The van der Waals surface area contributed by atoms with Gasteiger partial charge in [-0.25, -0.2) is 0 Å². The lowest BCUT2D eigenvalue weighted by atomic mass is 9.94. The number of H-pyrrole nitrogens is 1. The molecule has 5 heteroatoms. The fourth-order valence-electron chi connectivity index (χ4n) is 4.51. The minimum atomic E-state index is -0.132. The highest BCUT2D eigenvalue weighted by atomic mass is 16.2. The number of benzene rings is 1. The average molecular weight is 380 g/mol. The molecule has 0 bridgehead atoms. The minimum absolute atomic E-state index is 0.132. The first kappa shape index (κ1) is 18.9. The van der Waals surface area contributed by atoms with Crippen molar-refractivity contribution >= 4 is 11.7 Å². The van der Waals surface area contributed by atoms with Gasteiger partial charge in [-0.1, -0.05) is 30.7 Å². The zero-order valence-electron chi connectivity index (χ0n) is 16.6. The summed E-state index contributed by atoms with van der Waals surface area (Å²) in [5, 5.41) is 3.06. The van der Waals surface area contributed by atoms with E-state index < -0.39 is 0 Å². The largest absolute Gasteiger partial charge is 0.354 e. The molecule has 2 N–H and O–H groups in total. The highest BCUT2D eigenvalue weighted by molar-refractivity contribution is 6.04. The predicted molar refractivity (Wildman–Crippen MR) is 110 cm³/mol. The zero-order valence-corrected chi connectivity index (χ0v) is 16.6. The maximum Gasteiger partial charge on any atom is 0.268 e. The van der Waals surface area contributed by atoms with Crippen molar-refractivity contribution in [2.45, 2.75) is 58.5 Å². The van der Waals surface area contributed by atoms with Crippen molar-refractivity contribution < 1.29 is 9.59 Å². The zero-order chi connectivity index (χ0) is 19.5. The lowest BCUT2D eigenvalue weighted by molar-refractivity contribution is 0.0944. The molecule has 1 amide bonds. The van der Waals surface area contributed by atoms with Crippen LogP contribution in [0.25, 0.3) is 0 Å². The topological polar surface area (TPSA) is 65.2 Å². The molecule has 1 aromatic heterocycles. The molecule has 4 rings (SSSR count). The van der Waals surface area contributed by atoms with Crippen LogP contribution in [-0.4, -0.2) is 34.7 Å². The summed E-state index contributed by atoms with van der Waals surface area (Å²) in [5.41, 5.74) is 5.42. The SMILES string of the molecule is Cc1c(C(=O)NCc2ccccc2CN2CCCCC2)[nH]c2c1C(=O)CCC2. The number of Topliss-reactive ketones (excluding diaryl/α,β-unsaturated/α-hetero) is 1. The number of aryl methyl sites for hydroxylation is 1. The second-order valence-corrected chi connectivity index (χ2v) is 8.04. The first-order chi connectivity index (χ1) is 13.6. The van der Waals surface area contributed by atoms with Crippen LogP contribution in [0.3, 0.4) is 0 Å². The molecule has 0 saturated carbocycles. The molecule has 0 spiro atoms. The summed E-state index contributed by atoms with van der Waals surface area (Å²) in [4.78, 5) is 30.7. The Morgan fingerprint density at radius 1 is 1.07 bits per heavy atom. The second-order valence-electron chi connectivity index (χ2n) is 8.04. The van der Waals surface area contributed by atoms with Crippen molar-refractivity contribution in [3.8, 4) is 0 Å². The maximum atomic E-state index is 12.8. The average Bonchev–Trinajstić information content (AvgIpc) is 3.06. The van der Waals surface area contributed by atoms with E-state index in [1.165, 1.54) is 24.8 Å². The molecule has 0 unspecified atom stereocenters. The van der Waals surface area contributed by atoms with Crippen molar-refractivity contribution in [1.29, 1.82) is 0 Å². The van der Waals surface area contributed by atoms with E-state index in [0.29, 0.717) is 18.7 Å². The fourth-order valence-corrected chi connectivity index (χ4v) is 4.51. The molecule has 1 fully saturated rings. The molecule has 0 atom stereocenters. The smallest absolute Gasteiger partial charge is 0.268 e. The molecule has 2 aromatic rings. The van der Waals surface area contributed by atoms with Crippen LogP contribution in [0.5, 0.6) is 0 Å². The Bertz CT molecular complexity index is 878. The van der Waals surface area contributed by atoms with E-state index >= 15 is 0 Å². The van der Waals surface area contributed by atoms with Gasteiger partial charge >= 0.3 is 0 Å². The highest BCUT2D eigenvalue weighted by Gasteiger charge is 2.26. The number of amides is 1. The Balaban J connectivity index is 1.45. The standard InChI is InChI=1S/C23H29N3O2/c1-16-21-19(10-7-11-20(21)27)25-22(16)23(28)24-14-17-8-3-4-9-18(17)15-26-12-5-2-6-13-26/h3-4,8-9,25H,2,5-7,10-15H2,1H3,(H,24,28). The van der Waals surface area contributed by atoms with Gasteiger partial charge in [0, 0.05) is 30.8 Å². The molecule has 1 saturated heterocycles. The number of aromatic nitrogens is 1. The van der Waals surface area contributed by atoms with Gasteiger partial charge in [-0.2, -0.15) is 0 Å². The number of likely N-dealkylation sites (tertiary alicyclic amines) is 1. The van der Waals surface area contributed by atoms with Crippen LogP contribution >= 0.6 is 0 Å². The monoisotopic (exact) mass is 379 g/mol. The predicted octanol–water partition coefficient (Wildman–Crippen LogP) is 3.76. The molecule has 5 nitrogen and oxygen atoms in total. The van der Waals surface area contributed by atoms with Gasteiger partial charge in [-0.05, 0) is 62.4 Å². The minimum Gasteiger partial charge on any atom is -0.354 e. The van der Waals surface area contributed by atoms with Gasteiger partial charge in [0.1, 0.15) is 5.69 Å². The number of rotatable bonds is 5. The Labute approximate surface area is 166 Å². The molecular formula is C23H29N3O2. The van der Waals surface area contributed by atoms with Gasteiger partial charge < -0.3 is 10.3 Å². The van der Waals surface area contributed by atoms with Gasteiger partial charge in [0.2, 0.25) is 0 Å². The van der Waals surface area contributed by atoms with Crippen LogP contribution in [0, 0.1) is 6.92 Å². The molecule has 148 valence electrons. The summed E-state index contributed by atoms with van der Waals surface area (Å²) in [6, 6.07) is 8.35. The third kappa shape index (κ3) is 3.90. The van der Waals surface area contributed by atoms with Gasteiger partial charge in [-0.3, -0.25) is 14.5 Å². The first-order valence-electron chi connectivity index (χ1n) is 10.5. The van der Waals surface area contributed by atoms with Gasteiger partial charge in [0.15, 0.2) is 5.78 Å². The van der Waals surface area contributed by atoms with Crippen molar-refractivity contribution in [1.82, 2.24) is 15.2 Å². The van der Waals surface area contributed by atoms with Gasteiger partial charge in [0.25, 0.3) is 5.91 Å². The van der Waals surface area contributed by atoms with Crippen molar-refractivity contribution in [2.75, 3.05) is 13.1 Å². The van der Waals surface area contributed by atoms with E-state index in [0.717, 1.165) is 54.9 Å². The van der Waals surface area contributed by atoms with E-state index in [4.69, 9.17) is 0 Å². The van der Waals surface area contributed by atoms with Gasteiger partial charge in [-0.15, -0.1) is 0 Å². The molecule has 0 radical (unpaired) electrons. The van der Waals surface area contributed by atoms with Crippen molar-refractivity contribution in [2.24, 2.45) is 0 Å². The van der Waals surface area contributed by atoms with E-state index in [2.05, 4.69) is 33.4 Å². The summed E-state index contributed by atoms with van der Waals surface area (Å²) in [5.74, 6) is 0.0217. The molecule has 2 heterocycles. The summed E-state index contributed by atoms with van der Waals surface area (Å²) in [7, 11) is 0. The van der Waals surface area contributed by atoms with E-state index in [1.807, 2.05) is 13.0 Å². The molecule has 1 aliphatic carbocycles. The molecular weight excluding hydrogens is 350 g/mol. The number of aromatic amines is 1. The number of nitrogens with zero attached hydrogens (tertiary/aromatic N) is 1. The molecule has 1 aliphatic heterocycles. The number of hydrogen-bond donors (Lipinski definition) is 2.